The number of aliphatic carboxylic acids is 1. The molecule has 0 amide bonds. The molecule has 0 radical (unpaired) electrons. The molecule has 0 unspecified atom stereocenters. The molecule has 7 heteroatoms. The number of hydrogen-bond acceptors (Lipinski definition) is 6. The van der Waals surface area contributed by atoms with Crippen molar-refractivity contribution >= 4 is 33.3 Å². The highest BCUT2D eigenvalue weighted by atomic mass is 32.1. The molecule has 0 atom stereocenters. The molecule has 0 spiro atoms. The highest BCUT2D eigenvalue weighted by molar-refractivity contribution is 7.18. The second-order valence-corrected chi connectivity index (χ2v) is 6.59. The Kier molecular flexibility index (Phi) is 3.54. The molecule has 3 rings (SSSR count). The lowest BCUT2D eigenvalue weighted by atomic mass is 9.96. The number of carboxylic acid groups (broad SMARTS) is 1. The Bertz CT molecular complexity index is 679. The van der Waals surface area contributed by atoms with E-state index < -0.39 is 11.6 Å². The summed E-state index contributed by atoms with van der Waals surface area (Å²) in [6, 6.07) is 2.14. The standard InChI is InChI=1S/C14H17N3O3S/c1-3-9-4-10-12(15-8-16-13(10)21-9)17-6-14(2,7-17)20-5-11(18)19/h4,8H,3,5-7H2,1-2H3,(H,18,19). The van der Waals surface area contributed by atoms with Crippen molar-refractivity contribution in [3.05, 3.63) is 17.3 Å². The zero-order chi connectivity index (χ0) is 15.0. The topological polar surface area (TPSA) is 75.5 Å². The molecule has 2 aromatic heterocycles. The highest BCUT2D eigenvalue weighted by Crippen LogP contribution is 2.35. The van der Waals surface area contributed by atoms with Crippen molar-refractivity contribution in [3.63, 3.8) is 0 Å². The van der Waals surface area contributed by atoms with Crippen LogP contribution in [0.4, 0.5) is 5.82 Å². The van der Waals surface area contributed by atoms with E-state index in [1.807, 2.05) is 6.92 Å². The van der Waals surface area contributed by atoms with Crippen molar-refractivity contribution in [2.75, 3.05) is 24.6 Å². The van der Waals surface area contributed by atoms with Crippen molar-refractivity contribution in [1.82, 2.24) is 9.97 Å². The van der Waals surface area contributed by atoms with Gasteiger partial charge in [-0.2, -0.15) is 0 Å². The van der Waals surface area contributed by atoms with Gasteiger partial charge in [0.05, 0.1) is 18.5 Å². The van der Waals surface area contributed by atoms with Gasteiger partial charge < -0.3 is 14.7 Å². The van der Waals surface area contributed by atoms with Crippen molar-refractivity contribution in [2.45, 2.75) is 25.9 Å². The first kappa shape index (κ1) is 14.2. The minimum atomic E-state index is -0.940. The third kappa shape index (κ3) is 2.71. The number of fused-ring (bicyclic) bond motifs is 1. The van der Waals surface area contributed by atoms with Gasteiger partial charge in [-0.1, -0.05) is 6.92 Å². The first-order chi connectivity index (χ1) is 10.0. The SMILES string of the molecule is CCc1cc2c(N3CC(C)(OCC(=O)O)C3)ncnc2s1. The van der Waals surface area contributed by atoms with E-state index in [1.165, 1.54) is 4.88 Å². The third-order valence-electron chi connectivity index (χ3n) is 3.60. The molecule has 112 valence electrons. The Hall–Kier alpha value is -1.73. The van der Waals surface area contributed by atoms with E-state index in [2.05, 4.69) is 27.9 Å². The summed E-state index contributed by atoms with van der Waals surface area (Å²) in [5, 5.41) is 9.76. The lowest BCUT2D eigenvalue weighted by molar-refractivity contribution is -0.150. The van der Waals surface area contributed by atoms with E-state index in [9.17, 15) is 4.79 Å². The third-order valence-corrected chi connectivity index (χ3v) is 4.79. The molecule has 1 saturated heterocycles. The van der Waals surface area contributed by atoms with E-state index in [1.54, 1.807) is 17.7 Å². The average molecular weight is 307 g/mol. The van der Waals surface area contributed by atoms with Crippen LogP contribution in [-0.4, -0.2) is 46.3 Å². The van der Waals surface area contributed by atoms with E-state index in [0.29, 0.717) is 13.1 Å². The number of aryl methyl sites for hydroxylation is 1. The van der Waals surface area contributed by atoms with Crippen LogP contribution < -0.4 is 4.90 Å². The van der Waals surface area contributed by atoms with Crippen molar-refractivity contribution in [3.8, 4) is 0 Å². The lowest BCUT2D eigenvalue weighted by Gasteiger charge is -2.48. The Morgan fingerprint density at radius 1 is 1.52 bits per heavy atom. The molecule has 0 aliphatic carbocycles. The molecule has 1 fully saturated rings. The number of rotatable bonds is 5. The van der Waals surface area contributed by atoms with Crippen LogP contribution in [0.1, 0.15) is 18.7 Å². The fraction of sp³-hybridized carbons (Fsp3) is 0.500. The number of carbonyl (C=O) groups is 1. The molecular formula is C14H17N3O3S. The molecule has 1 aliphatic heterocycles. The van der Waals surface area contributed by atoms with Gasteiger partial charge in [0.1, 0.15) is 29.2 Å². The van der Waals surface area contributed by atoms with Crippen LogP contribution >= 0.6 is 11.3 Å². The predicted octanol–water partition coefficient (Wildman–Crippen LogP) is 1.93. The van der Waals surface area contributed by atoms with Gasteiger partial charge in [-0.15, -0.1) is 11.3 Å². The second kappa shape index (κ2) is 5.23. The van der Waals surface area contributed by atoms with Gasteiger partial charge in [0.15, 0.2) is 0 Å². The van der Waals surface area contributed by atoms with E-state index in [4.69, 9.17) is 9.84 Å². The predicted molar refractivity (Wildman–Crippen MR) is 81.0 cm³/mol. The maximum Gasteiger partial charge on any atom is 0.329 e. The first-order valence-electron chi connectivity index (χ1n) is 6.85. The van der Waals surface area contributed by atoms with Crippen molar-refractivity contribution in [2.24, 2.45) is 0 Å². The van der Waals surface area contributed by atoms with Gasteiger partial charge in [0, 0.05) is 4.88 Å². The van der Waals surface area contributed by atoms with Crippen LogP contribution in [0.2, 0.25) is 0 Å². The molecule has 6 nitrogen and oxygen atoms in total. The number of thiophene rings is 1. The van der Waals surface area contributed by atoms with Crippen LogP contribution in [0, 0.1) is 0 Å². The maximum atomic E-state index is 10.6. The molecule has 1 aliphatic rings. The van der Waals surface area contributed by atoms with Crippen LogP contribution in [0.15, 0.2) is 12.4 Å². The Labute approximate surface area is 126 Å². The summed E-state index contributed by atoms with van der Waals surface area (Å²) in [6.07, 6.45) is 2.57. The fourth-order valence-corrected chi connectivity index (χ4v) is 3.49. The smallest absolute Gasteiger partial charge is 0.329 e. The quantitative estimate of drug-likeness (QED) is 0.909. The normalized spacial score (nSPS) is 17.0. The second-order valence-electron chi connectivity index (χ2n) is 5.47. The zero-order valence-corrected chi connectivity index (χ0v) is 12.8. The largest absolute Gasteiger partial charge is 0.480 e. The molecule has 0 aromatic carbocycles. The highest BCUT2D eigenvalue weighted by Gasteiger charge is 2.41. The van der Waals surface area contributed by atoms with Crippen molar-refractivity contribution in [1.29, 1.82) is 0 Å². The molecule has 2 aromatic rings. The zero-order valence-electron chi connectivity index (χ0n) is 12.0. The van der Waals surface area contributed by atoms with E-state index in [0.717, 1.165) is 22.5 Å². The number of anilines is 1. The lowest BCUT2D eigenvalue weighted by Crippen LogP contribution is -2.62. The summed E-state index contributed by atoms with van der Waals surface area (Å²) >= 11 is 1.69. The van der Waals surface area contributed by atoms with Gasteiger partial charge in [0.25, 0.3) is 0 Å². The van der Waals surface area contributed by atoms with Gasteiger partial charge in [0.2, 0.25) is 0 Å². The number of ether oxygens (including phenoxy) is 1. The number of nitrogens with zero attached hydrogens (tertiary/aromatic N) is 3. The molecular weight excluding hydrogens is 290 g/mol. The van der Waals surface area contributed by atoms with Crippen LogP contribution in [-0.2, 0) is 16.0 Å². The summed E-state index contributed by atoms with van der Waals surface area (Å²) in [6.45, 7) is 5.07. The van der Waals surface area contributed by atoms with Crippen LogP contribution in [0.5, 0.6) is 0 Å². The van der Waals surface area contributed by atoms with Gasteiger partial charge in [-0.3, -0.25) is 0 Å². The summed E-state index contributed by atoms with van der Waals surface area (Å²) in [4.78, 5) is 23.7. The van der Waals surface area contributed by atoms with Crippen LogP contribution in [0.3, 0.4) is 0 Å². The first-order valence-corrected chi connectivity index (χ1v) is 7.66. The molecule has 21 heavy (non-hydrogen) atoms. The maximum absolute atomic E-state index is 10.6. The minimum Gasteiger partial charge on any atom is -0.480 e. The van der Waals surface area contributed by atoms with Crippen molar-refractivity contribution < 1.29 is 14.6 Å². The molecule has 1 N–H and O–H groups in total. The summed E-state index contributed by atoms with van der Waals surface area (Å²) in [7, 11) is 0. The minimum absolute atomic E-state index is 0.262. The van der Waals surface area contributed by atoms with E-state index >= 15 is 0 Å². The Morgan fingerprint density at radius 3 is 2.95 bits per heavy atom. The Balaban J connectivity index is 1.77. The van der Waals surface area contributed by atoms with Gasteiger partial charge in [-0.25, -0.2) is 14.8 Å². The van der Waals surface area contributed by atoms with E-state index in [-0.39, 0.29) is 6.61 Å². The molecule has 0 saturated carbocycles. The summed E-state index contributed by atoms with van der Waals surface area (Å²) < 4.78 is 5.44. The summed E-state index contributed by atoms with van der Waals surface area (Å²) in [5.74, 6) is -0.0307. The molecule has 3 heterocycles. The number of aromatic nitrogens is 2. The van der Waals surface area contributed by atoms with Gasteiger partial charge >= 0.3 is 5.97 Å². The Morgan fingerprint density at radius 2 is 2.29 bits per heavy atom. The van der Waals surface area contributed by atoms with Crippen LogP contribution in [0.25, 0.3) is 10.2 Å². The molecule has 0 bridgehead atoms. The average Bonchev–Trinajstić information content (AvgIpc) is 2.85. The number of hydrogen-bond donors (Lipinski definition) is 1. The number of carboxylic acids is 1. The monoisotopic (exact) mass is 307 g/mol. The fourth-order valence-electron chi connectivity index (χ4n) is 2.56. The van der Waals surface area contributed by atoms with Gasteiger partial charge in [-0.05, 0) is 19.4 Å². The summed E-state index contributed by atoms with van der Waals surface area (Å²) in [5.41, 5.74) is -0.417.